The molecular weight excluding hydrogens is 421 g/mol. The Balaban J connectivity index is 2.00. The molecule has 1 aliphatic rings. The smallest absolute Gasteiger partial charge is 0.396 e. The van der Waals surface area contributed by atoms with Crippen molar-refractivity contribution in [2.24, 2.45) is 5.92 Å². The number of nitrogens with two attached hydrogens (primary N) is 1. The molecule has 164 valence electrons. The van der Waals surface area contributed by atoms with Crippen LogP contribution in [0.4, 0.5) is 19.1 Å². The largest absolute Gasteiger partial charge is 0.417 e. The summed E-state index contributed by atoms with van der Waals surface area (Å²) in [5.41, 5.74) is 5.32. The molecule has 1 fully saturated rings. The van der Waals surface area contributed by atoms with Gasteiger partial charge in [0.2, 0.25) is 16.0 Å². The number of rotatable bonds is 5. The molecule has 1 aliphatic carbocycles. The van der Waals surface area contributed by atoms with Crippen molar-refractivity contribution in [1.29, 1.82) is 0 Å². The van der Waals surface area contributed by atoms with E-state index in [1.54, 1.807) is 6.92 Å². The van der Waals surface area contributed by atoms with E-state index in [9.17, 15) is 26.7 Å². The van der Waals surface area contributed by atoms with Gasteiger partial charge in [0.25, 0.3) is 0 Å². The van der Waals surface area contributed by atoms with Gasteiger partial charge in [-0.05, 0) is 56.2 Å². The summed E-state index contributed by atoms with van der Waals surface area (Å²) in [6.07, 6.45) is -1.37. The van der Waals surface area contributed by atoms with E-state index >= 15 is 0 Å². The Morgan fingerprint density at radius 3 is 2.47 bits per heavy atom. The number of aromatic nitrogens is 2. The van der Waals surface area contributed by atoms with Crippen LogP contribution in [-0.2, 0) is 16.2 Å². The number of hydrogen-bond donors (Lipinski definition) is 3. The lowest BCUT2D eigenvalue weighted by molar-refractivity contribution is -0.139. The molecule has 1 aromatic carbocycles. The Morgan fingerprint density at radius 1 is 1.23 bits per heavy atom. The summed E-state index contributed by atoms with van der Waals surface area (Å²) in [4.78, 5) is 6.99. The highest BCUT2D eigenvalue weighted by Crippen LogP contribution is 2.37. The second kappa shape index (κ2) is 8.48. The lowest BCUT2D eigenvalue weighted by Gasteiger charge is -2.28. The Morgan fingerprint density at radius 2 is 1.90 bits per heavy atom. The number of anilines is 1. The van der Waals surface area contributed by atoms with Gasteiger partial charge in [0, 0.05) is 24.4 Å². The van der Waals surface area contributed by atoms with Gasteiger partial charge in [-0.1, -0.05) is 6.07 Å². The zero-order chi connectivity index (χ0) is 22.1. The van der Waals surface area contributed by atoms with Crippen molar-refractivity contribution in [1.82, 2.24) is 14.7 Å². The van der Waals surface area contributed by atoms with Gasteiger partial charge in [0.1, 0.15) is 0 Å². The van der Waals surface area contributed by atoms with Gasteiger partial charge in [-0.15, -0.1) is 0 Å². The van der Waals surface area contributed by atoms with Crippen LogP contribution in [0, 0.1) is 12.8 Å². The molecule has 0 saturated heterocycles. The molecule has 4 N–H and O–H groups in total. The third-order valence-electron chi connectivity index (χ3n) is 5.31. The van der Waals surface area contributed by atoms with Crippen molar-refractivity contribution >= 4 is 16.0 Å². The number of nitrogens with zero attached hydrogens (tertiary/aromatic N) is 2. The molecule has 0 spiro atoms. The highest BCUT2D eigenvalue weighted by molar-refractivity contribution is 7.89. The van der Waals surface area contributed by atoms with E-state index in [1.807, 2.05) is 0 Å². The van der Waals surface area contributed by atoms with Crippen LogP contribution in [0.25, 0.3) is 11.1 Å². The molecule has 7 nitrogen and oxygen atoms in total. The first-order valence-corrected chi connectivity index (χ1v) is 10.9. The molecule has 1 aromatic heterocycles. The number of aliphatic hydroxyl groups excluding tert-OH is 1. The molecule has 0 radical (unpaired) electrons. The topological polar surface area (TPSA) is 118 Å². The van der Waals surface area contributed by atoms with Crippen LogP contribution in [0.15, 0.2) is 29.3 Å². The number of nitrogens with one attached hydrogen (secondary N) is 1. The Bertz CT molecular complexity index is 1020. The molecule has 0 atom stereocenters. The van der Waals surface area contributed by atoms with E-state index in [1.165, 1.54) is 12.3 Å². The van der Waals surface area contributed by atoms with Crippen LogP contribution in [0.2, 0.25) is 0 Å². The summed E-state index contributed by atoms with van der Waals surface area (Å²) in [6.45, 7) is 1.62. The monoisotopic (exact) mass is 444 g/mol. The number of nitrogen functional groups attached to an aromatic ring is 1. The first kappa shape index (κ1) is 22.4. The molecule has 1 saturated carbocycles. The van der Waals surface area contributed by atoms with E-state index in [0.29, 0.717) is 36.9 Å². The number of benzene rings is 1. The maximum atomic E-state index is 13.6. The molecule has 30 heavy (non-hydrogen) atoms. The Labute approximate surface area is 172 Å². The quantitative estimate of drug-likeness (QED) is 0.653. The standard InChI is InChI=1S/C19H23F3N4O3S/c1-11-15(9-24-18(23)25-11)13-4-7-16(19(20,21)22)17(8-13)30(28,29)26-14-5-2-12(10-27)3-6-14/h4,7-9,12,14,26-27H,2-3,5-6,10H2,1H3,(H2,23,24,25)/t12-,14-. The fraction of sp³-hybridized carbons (Fsp3) is 0.474. The number of halogens is 3. The summed E-state index contributed by atoms with van der Waals surface area (Å²) in [5, 5.41) is 9.21. The number of aryl methyl sites for hydroxylation is 1. The first-order valence-electron chi connectivity index (χ1n) is 9.45. The third kappa shape index (κ3) is 4.90. The maximum Gasteiger partial charge on any atom is 0.417 e. The van der Waals surface area contributed by atoms with Gasteiger partial charge in [-0.25, -0.2) is 23.1 Å². The average Bonchev–Trinajstić information content (AvgIpc) is 2.67. The van der Waals surface area contributed by atoms with E-state index in [-0.39, 0.29) is 24.0 Å². The van der Waals surface area contributed by atoms with Gasteiger partial charge in [0.05, 0.1) is 16.2 Å². The molecule has 0 bridgehead atoms. The molecule has 11 heteroatoms. The van der Waals surface area contributed by atoms with Crippen LogP contribution < -0.4 is 10.5 Å². The average molecular weight is 444 g/mol. The Hall–Kier alpha value is -2.24. The van der Waals surface area contributed by atoms with Crippen LogP contribution in [0.3, 0.4) is 0 Å². The minimum atomic E-state index is -4.84. The third-order valence-corrected chi connectivity index (χ3v) is 6.87. The maximum absolute atomic E-state index is 13.6. The van der Waals surface area contributed by atoms with Crippen LogP contribution >= 0.6 is 0 Å². The van der Waals surface area contributed by atoms with Gasteiger partial charge < -0.3 is 10.8 Å². The van der Waals surface area contributed by atoms with Crippen molar-refractivity contribution in [3.63, 3.8) is 0 Å². The van der Waals surface area contributed by atoms with Gasteiger partial charge >= 0.3 is 6.18 Å². The molecule has 0 aliphatic heterocycles. The normalized spacial score (nSPS) is 20.3. The molecular formula is C19H23F3N4O3S. The summed E-state index contributed by atoms with van der Waals surface area (Å²) in [6, 6.07) is 2.45. The zero-order valence-electron chi connectivity index (χ0n) is 16.3. The molecule has 0 unspecified atom stereocenters. The fourth-order valence-electron chi connectivity index (χ4n) is 3.66. The van der Waals surface area contributed by atoms with Crippen molar-refractivity contribution in [3.8, 4) is 11.1 Å². The minimum absolute atomic E-state index is 0.0103. The number of alkyl halides is 3. The summed E-state index contributed by atoms with van der Waals surface area (Å²) in [5.74, 6) is 0.101. The van der Waals surface area contributed by atoms with Gasteiger partial charge in [-0.2, -0.15) is 13.2 Å². The lowest BCUT2D eigenvalue weighted by Crippen LogP contribution is -2.38. The number of sulfonamides is 1. The van der Waals surface area contributed by atoms with Crippen LogP contribution in [0.5, 0.6) is 0 Å². The molecule has 0 amide bonds. The Kier molecular flexibility index (Phi) is 6.34. The first-order chi connectivity index (χ1) is 14.0. The van der Waals surface area contributed by atoms with Crippen molar-refractivity contribution in [3.05, 3.63) is 35.7 Å². The van der Waals surface area contributed by atoms with Crippen LogP contribution in [-0.4, -0.2) is 36.1 Å². The lowest BCUT2D eigenvalue weighted by atomic mass is 9.87. The predicted octanol–water partition coefficient (Wildman–Crippen LogP) is 2.88. The van der Waals surface area contributed by atoms with E-state index in [4.69, 9.17) is 5.73 Å². The number of aliphatic hydroxyl groups is 1. The van der Waals surface area contributed by atoms with Gasteiger partial charge in [0.15, 0.2) is 0 Å². The van der Waals surface area contributed by atoms with E-state index in [2.05, 4.69) is 14.7 Å². The predicted molar refractivity (Wildman–Crippen MR) is 105 cm³/mol. The second-order valence-corrected chi connectivity index (χ2v) is 9.14. The molecule has 1 heterocycles. The number of hydrogen-bond acceptors (Lipinski definition) is 6. The summed E-state index contributed by atoms with van der Waals surface area (Å²) in [7, 11) is -4.45. The SMILES string of the molecule is Cc1nc(N)ncc1-c1ccc(C(F)(F)F)c(S(=O)(=O)N[C@H]2CC[C@H](CO)CC2)c1. The van der Waals surface area contributed by atoms with Crippen molar-refractivity contribution in [2.75, 3.05) is 12.3 Å². The summed E-state index contributed by atoms with van der Waals surface area (Å²) < 4.78 is 68.9. The minimum Gasteiger partial charge on any atom is -0.396 e. The van der Waals surface area contributed by atoms with Crippen molar-refractivity contribution in [2.45, 2.75) is 49.7 Å². The van der Waals surface area contributed by atoms with Gasteiger partial charge in [-0.3, -0.25) is 0 Å². The van der Waals surface area contributed by atoms with E-state index < -0.39 is 32.7 Å². The molecule has 3 rings (SSSR count). The highest BCUT2D eigenvalue weighted by Gasteiger charge is 2.38. The summed E-state index contributed by atoms with van der Waals surface area (Å²) >= 11 is 0. The second-order valence-electron chi connectivity index (χ2n) is 7.46. The zero-order valence-corrected chi connectivity index (χ0v) is 17.1. The van der Waals surface area contributed by atoms with E-state index in [0.717, 1.165) is 12.1 Å². The van der Waals surface area contributed by atoms with Crippen molar-refractivity contribution < 1.29 is 26.7 Å². The highest BCUT2D eigenvalue weighted by atomic mass is 32.2. The fourth-order valence-corrected chi connectivity index (χ4v) is 5.22. The molecule has 2 aromatic rings. The van der Waals surface area contributed by atoms with Crippen LogP contribution in [0.1, 0.15) is 36.9 Å².